The molecule has 8 nitrogen and oxygen atoms in total. The van der Waals surface area contributed by atoms with Crippen molar-refractivity contribution >= 4 is 11.8 Å². The Labute approximate surface area is 170 Å². The standard InChI is InChI=1S/C21H28N6O2/c1-5-16-13(2)19(25(4)24-16)21(29)26-10-8-17-15(12-26)11-22-20(23-17)18-7-6-9-27(18)14(3)28/h11,18H,5-10,12H2,1-4H3/t18-/m0/s1. The number of rotatable bonds is 3. The molecule has 2 aliphatic rings. The van der Waals surface area contributed by atoms with Crippen LogP contribution in [0.4, 0.5) is 0 Å². The van der Waals surface area contributed by atoms with Gasteiger partial charge in [-0.3, -0.25) is 14.3 Å². The third-order valence-corrected chi connectivity index (χ3v) is 6.11. The molecule has 2 aliphatic heterocycles. The van der Waals surface area contributed by atoms with Crippen molar-refractivity contribution < 1.29 is 9.59 Å². The van der Waals surface area contributed by atoms with Gasteiger partial charge in [0.1, 0.15) is 5.69 Å². The number of aryl methyl sites for hydroxylation is 2. The van der Waals surface area contributed by atoms with Gasteiger partial charge in [0, 0.05) is 57.4 Å². The Morgan fingerprint density at radius 2 is 2.07 bits per heavy atom. The summed E-state index contributed by atoms with van der Waals surface area (Å²) in [6, 6.07) is -0.0259. The lowest BCUT2D eigenvalue weighted by atomic mass is 10.0. The zero-order chi connectivity index (χ0) is 20.7. The zero-order valence-corrected chi connectivity index (χ0v) is 17.6. The van der Waals surface area contributed by atoms with Gasteiger partial charge in [-0.15, -0.1) is 0 Å². The van der Waals surface area contributed by atoms with E-state index in [-0.39, 0.29) is 17.9 Å². The molecular weight excluding hydrogens is 368 g/mol. The predicted molar refractivity (Wildman–Crippen MR) is 107 cm³/mol. The fourth-order valence-corrected chi connectivity index (χ4v) is 4.55. The second kappa shape index (κ2) is 7.57. The first-order valence-electron chi connectivity index (χ1n) is 10.3. The minimum atomic E-state index is -0.0259. The predicted octanol–water partition coefficient (Wildman–Crippen LogP) is 1.96. The second-order valence-electron chi connectivity index (χ2n) is 7.94. The quantitative estimate of drug-likeness (QED) is 0.792. The van der Waals surface area contributed by atoms with E-state index in [0.717, 1.165) is 54.1 Å². The van der Waals surface area contributed by atoms with Gasteiger partial charge in [0.15, 0.2) is 5.82 Å². The maximum absolute atomic E-state index is 13.2. The van der Waals surface area contributed by atoms with Crippen LogP contribution in [0.15, 0.2) is 6.20 Å². The van der Waals surface area contributed by atoms with Gasteiger partial charge in [-0.1, -0.05) is 6.92 Å². The van der Waals surface area contributed by atoms with E-state index >= 15 is 0 Å². The fourth-order valence-electron chi connectivity index (χ4n) is 4.55. The lowest BCUT2D eigenvalue weighted by Gasteiger charge is -2.29. The van der Waals surface area contributed by atoms with Gasteiger partial charge in [0.05, 0.1) is 17.4 Å². The molecule has 0 aromatic carbocycles. The highest BCUT2D eigenvalue weighted by molar-refractivity contribution is 5.94. The Balaban J connectivity index is 1.55. The first kappa shape index (κ1) is 19.5. The maximum atomic E-state index is 13.2. The summed E-state index contributed by atoms with van der Waals surface area (Å²) in [6.45, 7) is 7.51. The van der Waals surface area contributed by atoms with Crippen molar-refractivity contribution in [2.75, 3.05) is 13.1 Å². The van der Waals surface area contributed by atoms with Crippen LogP contribution in [0.2, 0.25) is 0 Å². The summed E-state index contributed by atoms with van der Waals surface area (Å²) in [4.78, 5) is 38.1. The van der Waals surface area contributed by atoms with E-state index in [1.807, 2.05) is 36.9 Å². The van der Waals surface area contributed by atoms with E-state index in [1.165, 1.54) is 0 Å². The molecule has 4 heterocycles. The number of carbonyl (C=O) groups is 2. The maximum Gasteiger partial charge on any atom is 0.272 e. The smallest absolute Gasteiger partial charge is 0.272 e. The minimum absolute atomic E-state index is 0.00507. The Morgan fingerprint density at radius 3 is 2.76 bits per heavy atom. The number of likely N-dealkylation sites (tertiary alicyclic amines) is 1. The van der Waals surface area contributed by atoms with Crippen molar-refractivity contribution in [1.82, 2.24) is 29.5 Å². The second-order valence-corrected chi connectivity index (χ2v) is 7.94. The number of hydrogen-bond donors (Lipinski definition) is 0. The van der Waals surface area contributed by atoms with Crippen LogP contribution in [-0.4, -0.2) is 54.5 Å². The SMILES string of the molecule is CCc1nn(C)c(C(=O)N2CCc3nc([C@@H]4CCCN4C(C)=O)ncc3C2)c1C. The molecule has 1 atom stereocenters. The molecular formula is C21H28N6O2. The molecule has 0 unspecified atom stereocenters. The summed E-state index contributed by atoms with van der Waals surface area (Å²) in [5.74, 6) is 0.806. The molecule has 0 radical (unpaired) electrons. The Hall–Kier alpha value is -2.77. The highest BCUT2D eigenvalue weighted by Crippen LogP contribution is 2.31. The molecule has 2 aromatic heterocycles. The molecule has 2 amide bonds. The van der Waals surface area contributed by atoms with Gasteiger partial charge in [-0.2, -0.15) is 5.10 Å². The van der Waals surface area contributed by atoms with Crippen LogP contribution in [-0.2, 0) is 31.2 Å². The van der Waals surface area contributed by atoms with Crippen LogP contribution < -0.4 is 0 Å². The first-order chi connectivity index (χ1) is 13.9. The molecule has 8 heteroatoms. The van der Waals surface area contributed by atoms with E-state index in [0.29, 0.717) is 25.2 Å². The van der Waals surface area contributed by atoms with Crippen LogP contribution in [0, 0.1) is 6.92 Å². The molecule has 1 fully saturated rings. The average Bonchev–Trinajstić information content (AvgIpc) is 3.31. The normalized spacial score (nSPS) is 18.8. The summed E-state index contributed by atoms with van der Waals surface area (Å²) in [6.07, 6.45) is 5.23. The summed E-state index contributed by atoms with van der Waals surface area (Å²) < 4.78 is 1.70. The summed E-state index contributed by atoms with van der Waals surface area (Å²) >= 11 is 0. The number of nitrogens with zero attached hydrogens (tertiary/aromatic N) is 6. The Kier molecular flexibility index (Phi) is 5.10. The Bertz CT molecular complexity index is 966. The molecule has 0 bridgehead atoms. The van der Waals surface area contributed by atoms with Gasteiger partial charge in [0.2, 0.25) is 5.91 Å². The van der Waals surface area contributed by atoms with E-state index < -0.39 is 0 Å². The summed E-state index contributed by atoms with van der Waals surface area (Å²) in [7, 11) is 1.83. The third-order valence-electron chi connectivity index (χ3n) is 6.11. The van der Waals surface area contributed by atoms with Gasteiger partial charge in [0.25, 0.3) is 5.91 Å². The van der Waals surface area contributed by atoms with Gasteiger partial charge < -0.3 is 9.80 Å². The molecule has 0 spiro atoms. The van der Waals surface area contributed by atoms with Crippen molar-refractivity contribution in [3.63, 3.8) is 0 Å². The zero-order valence-electron chi connectivity index (χ0n) is 17.6. The topological polar surface area (TPSA) is 84.2 Å². The largest absolute Gasteiger partial charge is 0.333 e. The van der Waals surface area contributed by atoms with Crippen LogP contribution >= 0.6 is 0 Å². The number of hydrogen-bond acceptors (Lipinski definition) is 5. The van der Waals surface area contributed by atoms with Crippen molar-refractivity contribution in [3.8, 4) is 0 Å². The molecule has 154 valence electrons. The van der Waals surface area contributed by atoms with Crippen LogP contribution in [0.3, 0.4) is 0 Å². The molecule has 29 heavy (non-hydrogen) atoms. The molecule has 0 N–H and O–H groups in total. The van der Waals surface area contributed by atoms with Crippen molar-refractivity contribution in [2.24, 2.45) is 7.05 Å². The lowest BCUT2D eigenvalue weighted by Crippen LogP contribution is -2.38. The molecule has 1 saturated heterocycles. The molecule has 4 rings (SSSR count). The number of carbonyl (C=O) groups excluding carboxylic acids is 2. The van der Waals surface area contributed by atoms with Crippen molar-refractivity contribution in [2.45, 2.75) is 59.0 Å². The van der Waals surface area contributed by atoms with Gasteiger partial charge in [-0.25, -0.2) is 9.97 Å². The molecule has 0 saturated carbocycles. The van der Waals surface area contributed by atoms with E-state index in [9.17, 15) is 9.59 Å². The Morgan fingerprint density at radius 1 is 1.28 bits per heavy atom. The van der Waals surface area contributed by atoms with Crippen LogP contribution in [0.25, 0.3) is 0 Å². The highest BCUT2D eigenvalue weighted by Gasteiger charge is 2.32. The lowest BCUT2D eigenvalue weighted by molar-refractivity contribution is -0.129. The van der Waals surface area contributed by atoms with Crippen molar-refractivity contribution in [3.05, 3.63) is 40.2 Å². The van der Waals surface area contributed by atoms with E-state index in [2.05, 4.69) is 10.1 Å². The monoisotopic (exact) mass is 396 g/mol. The first-order valence-corrected chi connectivity index (χ1v) is 10.3. The highest BCUT2D eigenvalue weighted by atomic mass is 16.2. The molecule has 2 aromatic rings. The van der Waals surface area contributed by atoms with E-state index in [1.54, 1.807) is 11.6 Å². The molecule has 0 aliphatic carbocycles. The van der Waals surface area contributed by atoms with Gasteiger partial charge in [-0.05, 0) is 26.2 Å². The fraction of sp³-hybridized carbons (Fsp3) is 0.571. The van der Waals surface area contributed by atoms with E-state index in [4.69, 9.17) is 4.98 Å². The third kappa shape index (κ3) is 3.41. The van der Waals surface area contributed by atoms with Crippen LogP contribution in [0.5, 0.6) is 0 Å². The van der Waals surface area contributed by atoms with Gasteiger partial charge >= 0.3 is 0 Å². The van der Waals surface area contributed by atoms with Crippen molar-refractivity contribution in [1.29, 1.82) is 0 Å². The summed E-state index contributed by atoms with van der Waals surface area (Å²) in [5.41, 5.74) is 4.56. The number of fused-ring (bicyclic) bond motifs is 1. The van der Waals surface area contributed by atoms with Crippen LogP contribution in [0.1, 0.15) is 71.6 Å². The summed E-state index contributed by atoms with van der Waals surface area (Å²) in [5, 5.41) is 4.48. The minimum Gasteiger partial charge on any atom is -0.333 e. The number of amides is 2. The average molecular weight is 396 g/mol. The number of aromatic nitrogens is 4.